The monoisotopic (exact) mass is 348 g/mol. The van der Waals surface area contributed by atoms with Crippen molar-refractivity contribution >= 4 is 23.4 Å². The second-order valence-electron chi connectivity index (χ2n) is 5.24. The third kappa shape index (κ3) is 6.01. The molecule has 0 bridgehead atoms. The van der Waals surface area contributed by atoms with E-state index in [-0.39, 0.29) is 30.6 Å². The first-order valence-corrected chi connectivity index (χ1v) is 7.97. The molecule has 126 valence electrons. The number of carbonyl (C=O) groups excluding carboxylic acids is 2. The van der Waals surface area contributed by atoms with E-state index in [4.69, 9.17) is 11.6 Å². The van der Waals surface area contributed by atoms with Gasteiger partial charge in [-0.15, -0.1) is 0 Å². The van der Waals surface area contributed by atoms with Crippen molar-refractivity contribution in [1.82, 2.24) is 10.6 Å². The highest BCUT2D eigenvalue weighted by molar-refractivity contribution is 6.30. The van der Waals surface area contributed by atoms with Crippen LogP contribution in [0, 0.1) is 5.82 Å². The summed E-state index contributed by atoms with van der Waals surface area (Å²) in [4.78, 5) is 23.6. The van der Waals surface area contributed by atoms with Crippen LogP contribution in [0.2, 0.25) is 5.02 Å². The molecule has 0 heterocycles. The molecule has 2 amide bonds. The van der Waals surface area contributed by atoms with Crippen LogP contribution in [-0.4, -0.2) is 24.9 Å². The highest BCUT2D eigenvalue weighted by Gasteiger charge is 2.06. The van der Waals surface area contributed by atoms with Crippen LogP contribution in [0.25, 0.3) is 0 Å². The van der Waals surface area contributed by atoms with Gasteiger partial charge in [0.1, 0.15) is 5.82 Å². The van der Waals surface area contributed by atoms with Crippen LogP contribution in [0.4, 0.5) is 4.39 Å². The second-order valence-corrected chi connectivity index (χ2v) is 5.68. The average molecular weight is 349 g/mol. The van der Waals surface area contributed by atoms with Gasteiger partial charge in [0.05, 0.1) is 0 Å². The van der Waals surface area contributed by atoms with E-state index in [2.05, 4.69) is 10.6 Å². The van der Waals surface area contributed by atoms with Crippen LogP contribution in [-0.2, 0) is 11.2 Å². The van der Waals surface area contributed by atoms with Gasteiger partial charge in [-0.3, -0.25) is 9.59 Å². The Labute approximate surface area is 145 Å². The molecule has 0 aliphatic heterocycles. The number of hydrogen-bond acceptors (Lipinski definition) is 2. The molecule has 24 heavy (non-hydrogen) atoms. The van der Waals surface area contributed by atoms with Gasteiger partial charge in [0, 0.05) is 30.1 Å². The predicted octanol–water partition coefficient (Wildman–Crippen LogP) is 2.96. The van der Waals surface area contributed by atoms with E-state index >= 15 is 0 Å². The summed E-state index contributed by atoms with van der Waals surface area (Å²) in [6.07, 6.45) is 0.739. The van der Waals surface area contributed by atoms with Crippen molar-refractivity contribution in [2.24, 2.45) is 0 Å². The summed E-state index contributed by atoms with van der Waals surface area (Å²) in [5.74, 6) is -0.703. The zero-order chi connectivity index (χ0) is 17.4. The number of rotatable bonds is 7. The molecule has 4 nitrogen and oxygen atoms in total. The van der Waals surface area contributed by atoms with Gasteiger partial charge in [0.2, 0.25) is 5.91 Å². The molecule has 2 aromatic rings. The summed E-state index contributed by atoms with van der Waals surface area (Å²) >= 11 is 5.76. The van der Waals surface area contributed by atoms with Gasteiger partial charge in [-0.1, -0.05) is 23.7 Å². The maximum atomic E-state index is 13.0. The molecule has 0 aliphatic rings. The number of carbonyl (C=O) groups is 2. The number of halogens is 2. The fourth-order valence-electron chi connectivity index (χ4n) is 2.12. The largest absolute Gasteiger partial charge is 0.356 e. The zero-order valence-electron chi connectivity index (χ0n) is 13.0. The summed E-state index contributed by atoms with van der Waals surface area (Å²) in [5.41, 5.74) is 1.32. The lowest BCUT2D eigenvalue weighted by molar-refractivity contribution is -0.120. The Morgan fingerprint density at radius 3 is 2.46 bits per heavy atom. The molecule has 2 N–H and O–H groups in total. The molecule has 0 fully saturated rings. The first kappa shape index (κ1) is 17.9. The van der Waals surface area contributed by atoms with Gasteiger partial charge in [0.15, 0.2) is 0 Å². The Bertz CT molecular complexity index is 704. The fraction of sp³-hybridized carbons (Fsp3) is 0.222. The van der Waals surface area contributed by atoms with Crippen molar-refractivity contribution in [3.05, 3.63) is 70.5 Å². The molecule has 2 aromatic carbocycles. The fourth-order valence-corrected chi connectivity index (χ4v) is 2.25. The Hall–Kier alpha value is -2.40. The molecule has 0 aromatic heterocycles. The molecular weight excluding hydrogens is 331 g/mol. The number of nitrogens with one attached hydrogen (secondary N) is 2. The topological polar surface area (TPSA) is 58.2 Å². The third-order valence-electron chi connectivity index (χ3n) is 3.37. The van der Waals surface area contributed by atoms with Crippen molar-refractivity contribution in [3.8, 4) is 0 Å². The lowest BCUT2D eigenvalue weighted by Gasteiger charge is -2.07. The van der Waals surface area contributed by atoms with Crippen LogP contribution in [0.15, 0.2) is 48.5 Å². The lowest BCUT2D eigenvalue weighted by Crippen LogP contribution is -2.31. The zero-order valence-corrected chi connectivity index (χ0v) is 13.8. The minimum Gasteiger partial charge on any atom is -0.356 e. The van der Waals surface area contributed by atoms with E-state index in [9.17, 15) is 14.0 Å². The molecule has 0 radical (unpaired) electrons. The molecule has 6 heteroatoms. The van der Waals surface area contributed by atoms with Gasteiger partial charge in [-0.25, -0.2) is 4.39 Å². The Kier molecular flexibility index (Phi) is 6.75. The molecule has 0 unspecified atom stereocenters. The van der Waals surface area contributed by atoms with Crippen molar-refractivity contribution in [2.75, 3.05) is 13.1 Å². The van der Waals surface area contributed by atoms with E-state index < -0.39 is 0 Å². The average Bonchev–Trinajstić information content (AvgIpc) is 2.55. The summed E-state index contributed by atoms with van der Waals surface area (Å²) in [6, 6.07) is 12.8. The van der Waals surface area contributed by atoms with Gasteiger partial charge >= 0.3 is 0 Å². The number of hydrogen-bond donors (Lipinski definition) is 2. The van der Waals surface area contributed by atoms with Gasteiger partial charge in [-0.2, -0.15) is 0 Å². The van der Waals surface area contributed by atoms with E-state index in [0.717, 1.165) is 5.56 Å². The molecule has 2 rings (SSSR count). The first-order valence-electron chi connectivity index (χ1n) is 7.59. The molecule has 0 aliphatic carbocycles. The minimum absolute atomic E-state index is 0.164. The van der Waals surface area contributed by atoms with E-state index in [1.54, 1.807) is 30.3 Å². The molecule has 0 saturated heterocycles. The second kappa shape index (κ2) is 9.03. The molecular formula is C18H18ClFN2O2. The summed E-state index contributed by atoms with van der Waals surface area (Å²) in [7, 11) is 0. The van der Waals surface area contributed by atoms with E-state index in [1.807, 2.05) is 6.07 Å². The van der Waals surface area contributed by atoms with E-state index in [0.29, 0.717) is 23.6 Å². The van der Waals surface area contributed by atoms with Crippen LogP contribution < -0.4 is 10.6 Å². The van der Waals surface area contributed by atoms with Crippen molar-refractivity contribution < 1.29 is 14.0 Å². The third-order valence-corrected chi connectivity index (χ3v) is 3.62. The van der Waals surface area contributed by atoms with Crippen molar-refractivity contribution in [2.45, 2.75) is 12.8 Å². The van der Waals surface area contributed by atoms with Crippen LogP contribution in [0.1, 0.15) is 22.3 Å². The quantitative estimate of drug-likeness (QED) is 0.808. The molecule has 0 atom stereocenters. The van der Waals surface area contributed by atoms with Gasteiger partial charge < -0.3 is 10.6 Å². The summed E-state index contributed by atoms with van der Waals surface area (Å²) in [5, 5.41) is 5.97. The summed E-state index contributed by atoms with van der Waals surface area (Å²) in [6.45, 7) is 0.667. The highest BCUT2D eigenvalue weighted by Crippen LogP contribution is 2.09. The Morgan fingerprint density at radius 2 is 1.75 bits per heavy atom. The smallest absolute Gasteiger partial charge is 0.251 e. The minimum atomic E-state index is -0.288. The van der Waals surface area contributed by atoms with Gasteiger partial charge in [0.25, 0.3) is 5.91 Å². The van der Waals surface area contributed by atoms with Crippen LogP contribution in [0.3, 0.4) is 0 Å². The first-order chi connectivity index (χ1) is 11.5. The van der Waals surface area contributed by atoms with Crippen LogP contribution in [0.5, 0.6) is 0 Å². The Balaban J connectivity index is 1.64. The molecule has 0 spiro atoms. The lowest BCUT2D eigenvalue weighted by atomic mass is 10.1. The highest BCUT2D eigenvalue weighted by atomic mass is 35.5. The maximum absolute atomic E-state index is 13.0. The van der Waals surface area contributed by atoms with Crippen molar-refractivity contribution in [3.63, 3.8) is 0 Å². The van der Waals surface area contributed by atoms with E-state index in [1.165, 1.54) is 12.1 Å². The standard InChI is InChI=1S/C18H18ClFN2O2/c19-15-6-4-14(5-7-15)18(24)22-11-9-17(23)21-10-8-13-2-1-3-16(20)12-13/h1-7,12H,8-11H2,(H,21,23)(H,22,24). The maximum Gasteiger partial charge on any atom is 0.251 e. The summed E-state index contributed by atoms with van der Waals surface area (Å²) < 4.78 is 13.0. The van der Waals surface area contributed by atoms with Gasteiger partial charge in [-0.05, 0) is 48.4 Å². The van der Waals surface area contributed by atoms with Crippen molar-refractivity contribution in [1.29, 1.82) is 0 Å². The Morgan fingerprint density at radius 1 is 1.00 bits per heavy atom. The SMILES string of the molecule is O=C(CCNC(=O)c1ccc(Cl)cc1)NCCc1cccc(F)c1. The number of amides is 2. The normalized spacial score (nSPS) is 10.2. The predicted molar refractivity (Wildman–Crippen MR) is 91.5 cm³/mol. The molecule has 0 saturated carbocycles. The van der Waals surface area contributed by atoms with Crippen LogP contribution >= 0.6 is 11.6 Å². The number of benzene rings is 2.